The van der Waals surface area contributed by atoms with Crippen LogP contribution in [0.1, 0.15) is 51.9 Å². The van der Waals surface area contributed by atoms with Crippen LogP contribution in [0.15, 0.2) is 0 Å². The summed E-state index contributed by atoms with van der Waals surface area (Å²) in [4.78, 5) is 12.3. The third-order valence-electron chi connectivity index (χ3n) is 6.78. The summed E-state index contributed by atoms with van der Waals surface area (Å²) in [6.45, 7) is 2.79. The van der Waals surface area contributed by atoms with Gasteiger partial charge in [0.25, 0.3) is 0 Å². The van der Waals surface area contributed by atoms with Crippen molar-refractivity contribution in [2.75, 3.05) is 6.61 Å². The van der Waals surface area contributed by atoms with Gasteiger partial charge in [0.05, 0.1) is 12.5 Å². The summed E-state index contributed by atoms with van der Waals surface area (Å²) in [5.74, 6) is 5.88. The fourth-order valence-corrected chi connectivity index (χ4v) is 6.26. The smallest absolute Gasteiger partial charge is 0.309 e. The van der Waals surface area contributed by atoms with Crippen LogP contribution < -0.4 is 0 Å². The Labute approximate surface area is 116 Å². The first kappa shape index (κ1) is 12.2. The molecule has 2 heteroatoms. The average molecular weight is 262 g/mol. The monoisotopic (exact) mass is 262 g/mol. The van der Waals surface area contributed by atoms with Crippen molar-refractivity contribution in [1.82, 2.24) is 0 Å². The second-order valence-corrected chi connectivity index (χ2v) is 7.51. The third-order valence-corrected chi connectivity index (χ3v) is 6.78. The topological polar surface area (TPSA) is 26.3 Å². The minimum atomic E-state index is 0.141. The standard InChI is InChI=1S/C17H26O2/c1-2-3-6-19-17(18)14-9-12-8-13(14)16-11-5-4-10(7-11)15(12)16/h10-16H,2-9H2,1H3. The fourth-order valence-electron chi connectivity index (χ4n) is 6.26. The van der Waals surface area contributed by atoms with Crippen molar-refractivity contribution in [2.24, 2.45) is 41.4 Å². The van der Waals surface area contributed by atoms with Gasteiger partial charge in [0.15, 0.2) is 0 Å². The average Bonchev–Trinajstić information content (AvgIpc) is 3.16. The Hall–Kier alpha value is -0.530. The summed E-state index contributed by atoms with van der Waals surface area (Å²) in [7, 11) is 0. The van der Waals surface area contributed by atoms with Gasteiger partial charge in [0.1, 0.15) is 0 Å². The Morgan fingerprint density at radius 3 is 2.63 bits per heavy atom. The molecule has 0 spiro atoms. The maximum atomic E-state index is 12.3. The van der Waals surface area contributed by atoms with E-state index < -0.39 is 0 Å². The largest absolute Gasteiger partial charge is 0.465 e. The van der Waals surface area contributed by atoms with Crippen molar-refractivity contribution in [3.05, 3.63) is 0 Å². The van der Waals surface area contributed by atoms with Gasteiger partial charge in [-0.25, -0.2) is 0 Å². The van der Waals surface area contributed by atoms with Gasteiger partial charge in [-0.2, -0.15) is 0 Å². The van der Waals surface area contributed by atoms with Gasteiger partial charge < -0.3 is 4.74 Å². The molecule has 2 nitrogen and oxygen atoms in total. The van der Waals surface area contributed by atoms with E-state index in [0.29, 0.717) is 12.5 Å². The van der Waals surface area contributed by atoms with Gasteiger partial charge >= 0.3 is 5.97 Å². The van der Waals surface area contributed by atoms with Crippen molar-refractivity contribution in [1.29, 1.82) is 0 Å². The van der Waals surface area contributed by atoms with E-state index >= 15 is 0 Å². The molecule has 4 aliphatic rings. The lowest BCUT2D eigenvalue weighted by atomic mass is 9.67. The van der Waals surface area contributed by atoms with Crippen molar-refractivity contribution >= 4 is 5.97 Å². The van der Waals surface area contributed by atoms with E-state index in [1.54, 1.807) is 0 Å². The molecule has 0 aromatic rings. The highest BCUT2D eigenvalue weighted by atomic mass is 16.5. The van der Waals surface area contributed by atoms with Gasteiger partial charge in [0, 0.05) is 0 Å². The molecule has 0 saturated heterocycles. The number of esters is 1. The van der Waals surface area contributed by atoms with Crippen LogP contribution in [0.4, 0.5) is 0 Å². The number of hydrogen-bond acceptors (Lipinski definition) is 2. The number of carbonyl (C=O) groups excluding carboxylic acids is 1. The Balaban J connectivity index is 1.43. The molecule has 4 rings (SSSR count). The van der Waals surface area contributed by atoms with Crippen LogP contribution in [0.2, 0.25) is 0 Å². The zero-order valence-corrected chi connectivity index (χ0v) is 12.0. The third kappa shape index (κ3) is 1.71. The molecule has 0 amide bonds. The Kier molecular flexibility index (Phi) is 2.89. The molecule has 0 aromatic heterocycles. The maximum Gasteiger partial charge on any atom is 0.309 e. The second-order valence-electron chi connectivity index (χ2n) is 7.51. The molecule has 4 bridgehead atoms. The van der Waals surface area contributed by atoms with Gasteiger partial charge in [-0.3, -0.25) is 4.79 Å². The van der Waals surface area contributed by atoms with Crippen LogP contribution in [0.25, 0.3) is 0 Å². The molecule has 4 fully saturated rings. The van der Waals surface area contributed by atoms with E-state index in [-0.39, 0.29) is 11.9 Å². The normalized spacial score (nSPS) is 49.6. The van der Waals surface area contributed by atoms with Crippen molar-refractivity contribution in [2.45, 2.75) is 51.9 Å². The highest BCUT2D eigenvalue weighted by Gasteiger charge is 2.63. The van der Waals surface area contributed by atoms with E-state index in [1.807, 2.05) is 0 Å². The van der Waals surface area contributed by atoms with E-state index in [4.69, 9.17) is 4.74 Å². The number of unbranched alkanes of at least 4 members (excludes halogenated alkanes) is 1. The first-order chi connectivity index (χ1) is 9.29. The quantitative estimate of drug-likeness (QED) is 0.439. The lowest BCUT2D eigenvalue weighted by molar-refractivity contribution is -0.152. The van der Waals surface area contributed by atoms with E-state index in [9.17, 15) is 4.79 Å². The lowest BCUT2D eigenvalue weighted by Gasteiger charge is -2.37. The SMILES string of the molecule is CCCCOC(=O)C1CC2CC1C1C3CCC(C3)C21. The number of hydrogen-bond donors (Lipinski definition) is 0. The minimum absolute atomic E-state index is 0.141. The summed E-state index contributed by atoms with van der Waals surface area (Å²) >= 11 is 0. The van der Waals surface area contributed by atoms with Crippen LogP contribution >= 0.6 is 0 Å². The van der Waals surface area contributed by atoms with Crippen LogP contribution in [-0.4, -0.2) is 12.6 Å². The fraction of sp³-hybridized carbons (Fsp3) is 0.941. The molecule has 106 valence electrons. The molecule has 0 aliphatic heterocycles. The molecular weight excluding hydrogens is 236 g/mol. The van der Waals surface area contributed by atoms with Gasteiger partial charge in [-0.15, -0.1) is 0 Å². The summed E-state index contributed by atoms with van der Waals surface area (Å²) in [6, 6.07) is 0. The second kappa shape index (κ2) is 4.49. The van der Waals surface area contributed by atoms with Crippen LogP contribution in [0.5, 0.6) is 0 Å². The van der Waals surface area contributed by atoms with Gasteiger partial charge in [-0.05, 0) is 74.0 Å². The Morgan fingerprint density at radius 2 is 1.84 bits per heavy atom. The molecule has 19 heavy (non-hydrogen) atoms. The molecule has 0 radical (unpaired) electrons. The number of fused-ring (bicyclic) bond motifs is 9. The summed E-state index contributed by atoms with van der Waals surface area (Å²) in [6.07, 6.45) is 9.05. The Bertz CT molecular complexity index is 377. The lowest BCUT2D eigenvalue weighted by Crippen LogP contribution is -2.36. The van der Waals surface area contributed by atoms with E-state index in [0.717, 1.165) is 48.9 Å². The maximum absolute atomic E-state index is 12.3. The molecule has 7 atom stereocenters. The predicted octanol–water partition coefficient (Wildman–Crippen LogP) is 3.65. The zero-order chi connectivity index (χ0) is 13.0. The van der Waals surface area contributed by atoms with Crippen LogP contribution in [-0.2, 0) is 9.53 Å². The van der Waals surface area contributed by atoms with Gasteiger partial charge in [-0.1, -0.05) is 13.3 Å². The molecule has 0 aromatic carbocycles. The zero-order valence-electron chi connectivity index (χ0n) is 12.0. The van der Waals surface area contributed by atoms with E-state index in [1.165, 1.54) is 25.7 Å². The first-order valence-electron chi connectivity index (χ1n) is 8.46. The molecule has 4 saturated carbocycles. The molecule has 0 N–H and O–H groups in total. The summed E-state index contributed by atoms with van der Waals surface area (Å²) in [5, 5.41) is 0. The molecule has 0 heterocycles. The molecule has 4 aliphatic carbocycles. The highest BCUT2D eigenvalue weighted by Crippen LogP contribution is 2.68. The Morgan fingerprint density at radius 1 is 1.05 bits per heavy atom. The van der Waals surface area contributed by atoms with Crippen LogP contribution in [0.3, 0.4) is 0 Å². The van der Waals surface area contributed by atoms with E-state index in [2.05, 4.69) is 6.92 Å². The van der Waals surface area contributed by atoms with Gasteiger partial charge in [0.2, 0.25) is 0 Å². The number of rotatable bonds is 4. The predicted molar refractivity (Wildman–Crippen MR) is 73.4 cm³/mol. The highest BCUT2D eigenvalue weighted by molar-refractivity contribution is 5.73. The first-order valence-corrected chi connectivity index (χ1v) is 8.46. The minimum Gasteiger partial charge on any atom is -0.465 e. The van der Waals surface area contributed by atoms with Crippen LogP contribution in [0, 0.1) is 41.4 Å². The number of ether oxygens (including phenoxy) is 1. The summed E-state index contributed by atoms with van der Waals surface area (Å²) in [5.41, 5.74) is 0. The summed E-state index contributed by atoms with van der Waals surface area (Å²) < 4.78 is 5.51. The number of carbonyl (C=O) groups is 1. The molecule has 7 unspecified atom stereocenters. The van der Waals surface area contributed by atoms with Crippen molar-refractivity contribution in [3.8, 4) is 0 Å². The van der Waals surface area contributed by atoms with Crippen molar-refractivity contribution in [3.63, 3.8) is 0 Å². The van der Waals surface area contributed by atoms with Crippen molar-refractivity contribution < 1.29 is 9.53 Å². The molecular formula is C17H26O2.